The summed E-state index contributed by atoms with van der Waals surface area (Å²) in [5.74, 6) is -0.315. The largest absolute Gasteiger partial charge is 0.394 e. The smallest absolute Gasteiger partial charge is 0.222 e. The third-order valence-electron chi connectivity index (χ3n) is 12.2. The van der Waals surface area contributed by atoms with Crippen molar-refractivity contribution >= 4 is 5.91 Å². The fourth-order valence-electron chi connectivity index (χ4n) is 8.14. The Labute approximate surface area is 368 Å². The topological polar surface area (TPSA) is 89.8 Å². The van der Waals surface area contributed by atoms with Crippen LogP contribution in [0.15, 0.2) is 36.5 Å². The van der Waals surface area contributed by atoms with Crippen LogP contribution in [0.1, 0.15) is 277 Å². The molecule has 59 heavy (non-hydrogen) atoms. The van der Waals surface area contributed by atoms with Crippen LogP contribution >= 0.6 is 0 Å². The van der Waals surface area contributed by atoms with Gasteiger partial charge in [0.25, 0.3) is 0 Å². The molecule has 0 rings (SSSR count). The van der Waals surface area contributed by atoms with Gasteiger partial charge in [0.1, 0.15) is 0 Å². The average Bonchev–Trinajstić information content (AvgIpc) is 3.23. The van der Waals surface area contributed by atoms with Crippen LogP contribution < -0.4 is 5.32 Å². The van der Waals surface area contributed by atoms with Crippen molar-refractivity contribution < 1.29 is 20.1 Å². The van der Waals surface area contributed by atoms with Gasteiger partial charge in [-0.15, -0.1) is 0 Å². The fourth-order valence-corrected chi connectivity index (χ4v) is 8.14. The Morgan fingerprint density at radius 2 is 0.763 bits per heavy atom. The molecule has 0 heterocycles. The number of allylic oxidation sites excluding steroid dienone is 5. The van der Waals surface area contributed by atoms with Crippen LogP contribution in [-0.4, -0.2) is 46.1 Å². The zero-order valence-electron chi connectivity index (χ0n) is 39.6. The summed E-state index contributed by atoms with van der Waals surface area (Å²) < 4.78 is 0. The highest BCUT2D eigenvalue weighted by molar-refractivity contribution is 5.76. The van der Waals surface area contributed by atoms with Crippen molar-refractivity contribution in [3.05, 3.63) is 36.5 Å². The van der Waals surface area contributed by atoms with Gasteiger partial charge >= 0.3 is 0 Å². The van der Waals surface area contributed by atoms with Gasteiger partial charge in [0, 0.05) is 0 Å². The van der Waals surface area contributed by atoms with Gasteiger partial charge in [0.05, 0.1) is 31.3 Å². The number of unbranched alkanes of at least 4 members (excludes halogenated alkanes) is 35. The summed E-state index contributed by atoms with van der Waals surface area (Å²) in [6, 6.07) is -0.745. The van der Waals surface area contributed by atoms with Gasteiger partial charge in [0.2, 0.25) is 5.91 Å². The Kier molecular flexibility index (Phi) is 48.0. The van der Waals surface area contributed by atoms with Crippen molar-refractivity contribution in [3.63, 3.8) is 0 Å². The van der Waals surface area contributed by atoms with Gasteiger partial charge < -0.3 is 20.6 Å². The maximum atomic E-state index is 12.5. The normalized spacial score (nSPS) is 13.6. The molecule has 0 aromatic carbocycles. The molecule has 0 aliphatic rings. The number of hydrogen-bond acceptors (Lipinski definition) is 4. The van der Waals surface area contributed by atoms with E-state index in [1.807, 2.05) is 6.08 Å². The summed E-state index contributed by atoms with van der Waals surface area (Å²) in [5.41, 5.74) is 0. The summed E-state index contributed by atoms with van der Waals surface area (Å²) >= 11 is 0. The minimum Gasteiger partial charge on any atom is -0.394 e. The van der Waals surface area contributed by atoms with Crippen LogP contribution in [0.2, 0.25) is 0 Å². The molecule has 3 atom stereocenters. The molecule has 0 aliphatic heterocycles. The van der Waals surface area contributed by atoms with E-state index in [4.69, 9.17) is 0 Å². The highest BCUT2D eigenvalue weighted by Crippen LogP contribution is 2.16. The molecule has 1 amide bonds. The second kappa shape index (κ2) is 49.2. The van der Waals surface area contributed by atoms with Crippen LogP contribution in [0.5, 0.6) is 0 Å². The summed E-state index contributed by atoms with van der Waals surface area (Å²) in [6.45, 7) is 4.23. The van der Waals surface area contributed by atoms with E-state index in [0.717, 1.165) is 32.1 Å². The lowest BCUT2D eigenvalue weighted by molar-refractivity contribution is -0.124. The molecule has 0 saturated carbocycles. The van der Waals surface area contributed by atoms with E-state index >= 15 is 0 Å². The maximum absolute atomic E-state index is 12.5. The lowest BCUT2D eigenvalue weighted by Gasteiger charge is -2.21. The van der Waals surface area contributed by atoms with Gasteiger partial charge in [-0.2, -0.15) is 0 Å². The monoisotopic (exact) mass is 830 g/mol. The summed E-state index contributed by atoms with van der Waals surface area (Å²) in [6.07, 6.45) is 63.1. The van der Waals surface area contributed by atoms with Crippen LogP contribution in [0.3, 0.4) is 0 Å². The highest BCUT2D eigenvalue weighted by atomic mass is 16.3. The number of nitrogens with one attached hydrogen (secondary N) is 1. The Balaban J connectivity index is 3.59. The summed E-state index contributed by atoms with van der Waals surface area (Å²) in [4.78, 5) is 12.5. The Morgan fingerprint density at radius 3 is 1.12 bits per heavy atom. The molecule has 0 bridgehead atoms. The molecule has 4 N–H and O–H groups in total. The second-order valence-electron chi connectivity index (χ2n) is 18.1. The predicted molar refractivity (Wildman–Crippen MR) is 259 cm³/mol. The highest BCUT2D eigenvalue weighted by Gasteiger charge is 2.20. The number of aliphatic hydroxyl groups excluding tert-OH is 3. The first-order valence-corrected chi connectivity index (χ1v) is 26.3. The third-order valence-corrected chi connectivity index (χ3v) is 12.2. The predicted octanol–water partition coefficient (Wildman–Crippen LogP) is 15.9. The molecule has 3 unspecified atom stereocenters. The Hall–Kier alpha value is -1.43. The minimum atomic E-state index is -0.929. The summed E-state index contributed by atoms with van der Waals surface area (Å²) in [5, 5.41) is 33.4. The molecule has 0 fully saturated rings. The van der Waals surface area contributed by atoms with Crippen molar-refractivity contribution in [1.82, 2.24) is 5.32 Å². The quantitative estimate of drug-likeness (QED) is 0.0363. The van der Waals surface area contributed by atoms with Crippen LogP contribution in [-0.2, 0) is 4.79 Å². The molecule has 0 radical (unpaired) electrons. The first kappa shape index (κ1) is 57.6. The zero-order chi connectivity index (χ0) is 43.0. The molecule has 5 heteroatoms. The Morgan fingerprint density at radius 1 is 0.441 bits per heavy atom. The average molecular weight is 830 g/mol. The van der Waals surface area contributed by atoms with Gasteiger partial charge in [-0.3, -0.25) is 4.79 Å². The number of amides is 1. The van der Waals surface area contributed by atoms with Crippen LogP contribution in [0.4, 0.5) is 0 Å². The second-order valence-corrected chi connectivity index (χ2v) is 18.1. The molecular weight excluding hydrogens is 727 g/mol. The van der Waals surface area contributed by atoms with E-state index in [2.05, 4.69) is 43.5 Å². The Bertz CT molecular complexity index is 916. The SMILES string of the molecule is CCCCCCCCCCC/C=C\C/C=C\CCCCCCCCCCCCCC(O)CC(=O)NC(CO)C(O)/C=C/CCCCCCCCCCCCCCCCC. The molecule has 0 aromatic heterocycles. The first-order valence-electron chi connectivity index (χ1n) is 26.3. The van der Waals surface area contributed by atoms with Crippen molar-refractivity contribution in [2.45, 2.75) is 295 Å². The van der Waals surface area contributed by atoms with E-state index in [1.54, 1.807) is 6.08 Å². The molecule has 0 aliphatic carbocycles. The first-order chi connectivity index (χ1) is 29.0. The van der Waals surface area contributed by atoms with E-state index in [0.29, 0.717) is 6.42 Å². The lowest BCUT2D eigenvalue weighted by atomic mass is 10.0. The molecule has 0 aromatic rings. The number of rotatable bonds is 48. The molecular formula is C54H103NO4. The van der Waals surface area contributed by atoms with Crippen LogP contribution in [0.25, 0.3) is 0 Å². The van der Waals surface area contributed by atoms with Crippen molar-refractivity contribution in [3.8, 4) is 0 Å². The van der Waals surface area contributed by atoms with Crippen molar-refractivity contribution in [1.29, 1.82) is 0 Å². The van der Waals surface area contributed by atoms with E-state index < -0.39 is 18.2 Å². The zero-order valence-corrected chi connectivity index (χ0v) is 39.6. The van der Waals surface area contributed by atoms with Gasteiger partial charge in [-0.25, -0.2) is 0 Å². The molecule has 0 saturated heterocycles. The fraction of sp³-hybridized carbons (Fsp3) is 0.870. The molecule has 0 spiro atoms. The summed E-state index contributed by atoms with van der Waals surface area (Å²) in [7, 11) is 0. The lowest BCUT2D eigenvalue weighted by Crippen LogP contribution is -2.45. The van der Waals surface area contributed by atoms with Gasteiger partial charge in [-0.05, 0) is 51.4 Å². The number of carbonyl (C=O) groups excluding carboxylic acids is 1. The standard InChI is InChI=1S/C54H103NO4/c1-3-5-7-9-11-13-15-17-19-21-22-23-24-25-26-27-28-29-30-32-33-35-37-39-41-43-45-47-51(57)49-54(59)55-52(50-56)53(58)48-46-44-42-40-38-36-34-31-20-18-16-14-12-10-8-6-4-2/h22-23,25-26,46,48,51-53,56-58H,3-21,24,27-45,47,49-50H2,1-2H3,(H,55,59)/b23-22-,26-25-,48-46+. The van der Waals surface area contributed by atoms with Crippen molar-refractivity contribution in [2.75, 3.05) is 6.61 Å². The molecule has 5 nitrogen and oxygen atoms in total. The van der Waals surface area contributed by atoms with Gasteiger partial charge in [0.15, 0.2) is 0 Å². The van der Waals surface area contributed by atoms with E-state index in [-0.39, 0.29) is 18.9 Å². The van der Waals surface area contributed by atoms with Crippen LogP contribution in [0, 0.1) is 0 Å². The van der Waals surface area contributed by atoms with Gasteiger partial charge in [-0.1, -0.05) is 256 Å². The number of aliphatic hydroxyl groups is 3. The van der Waals surface area contributed by atoms with Crippen molar-refractivity contribution in [2.24, 2.45) is 0 Å². The minimum absolute atomic E-state index is 0.0131. The van der Waals surface area contributed by atoms with E-state index in [1.165, 1.54) is 218 Å². The number of hydrogen-bond donors (Lipinski definition) is 4. The molecule has 348 valence electrons. The number of carbonyl (C=O) groups is 1. The van der Waals surface area contributed by atoms with E-state index in [9.17, 15) is 20.1 Å². The third kappa shape index (κ3) is 45.9. The maximum Gasteiger partial charge on any atom is 0.222 e.